The van der Waals surface area contributed by atoms with Crippen LogP contribution in [0.3, 0.4) is 0 Å². The van der Waals surface area contributed by atoms with E-state index in [1.165, 1.54) is 6.92 Å². The molecule has 0 radical (unpaired) electrons. The molecule has 1 atom stereocenters. The lowest BCUT2D eigenvalue weighted by atomic mass is 10.0. The molecule has 3 N–H and O–H groups in total. The van der Waals surface area contributed by atoms with Gasteiger partial charge in [0.05, 0.1) is 12.3 Å². The molecule has 1 aromatic rings. The summed E-state index contributed by atoms with van der Waals surface area (Å²) in [4.78, 5) is 24.0. The van der Waals surface area contributed by atoms with Gasteiger partial charge in [0.25, 0.3) is 17.4 Å². The number of ether oxygens (including phenoxy) is 1. The number of aliphatic hydroxyl groups excluding tert-OH is 1. The molecule has 0 spiro atoms. The molecule has 0 unspecified atom stereocenters. The van der Waals surface area contributed by atoms with Gasteiger partial charge in [-0.2, -0.15) is 0 Å². The molecule has 2 amide bonds. The van der Waals surface area contributed by atoms with Crippen molar-refractivity contribution in [3.63, 3.8) is 0 Å². The molecule has 0 aromatic heterocycles. The Morgan fingerprint density at radius 2 is 2.26 bits per heavy atom. The molecule has 19 heavy (non-hydrogen) atoms. The van der Waals surface area contributed by atoms with Crippen LogP contribution < -0.4 is 15.4 Å². The zero-order chi connectivity index (χ0) is 14.0. The predicted molar refractivity (Wildman–Crippen MR) is 68.9 cm³/mol. The fourth-order valence-corrected chi connectivity index (χ4v) is 1.83. The highest BCUT2D eigenvalue weighted by molar-refractivity contribution is 6.15. The SMILES string of the molecule is Cc1ccc2c(c1)NC(=O)[C@@](C)(C(=O)NCCO)O2. The molecule has 6 nitrogen and oxygen atoms in total. The lowest BCUT2D eigenvalue weighted by molar-refractivity contribution is -0.146. The van der Waals surface area contributed by atoms with E-state index in [1.54, 1.807) is 12.1 Å². The number of rotatable bonds is 3. The second-order valence-corrected chi connectivity index (χ2v) is 4.57. The fraction of sp³-hybridized carbons (Fsp3) is 0.385. The standard InChI is InChI=1S/C13H16N2O4/c1-8-3-4-10-9(7-8)15-12(18)13(2,19-10)11(17)14-5-6-16/h3-4,7,16H,5-6H2,1-2H3,(H,14,17)(H,15,18)/t13-/m1/s1. The molecule has 1 aromatic carbocycles. The van der Waals surface area contributed by atoms with Crippen molar-refractivity contribution in [2.45, 2.75) is 19.4 Å². The van der Waals surface area contributed by atoms with Gasteiger partial charge in [-0.1, -0.05) is 6.07 Å². The number of carbonyl (C=O) groups excluding carboxylic acids is 2. The van der Waals surface area contributed by atoms with Gasteiger partial charge < -0.3 is 20.5 Å². The second kappa shape index (κ2) is 4.89. The van der Waals surface area contributed by atoms with Gasteiger partial charge in [-0.05, 0) is 31.5 Å². The molecule has 102 valence electrons. The van der Waals surface area contributed by atoms with E-state index in [1.807, 2.05) is 13.0 Å². The smallest absolute Gasteiger partial charge is 0.278 e. The minimum absolute atomic E-state index is 0.0752. The first-order chi connectivity index (χ1) is 8.97. The summed E-state index contributed by atoms with van der Waals surface area (Å²) in [6.45, 7) is 3.18. The van der Waals surface area contributed by atoms with Gasteiger partial charge in [-0.15, -0.1) is 0 Å². The number of nitrogens with one attached hydrogen (secondary N) is 2. The maximum Gasteiger partial charge on any atom is 0.278 e. The first-order valence-electron chi connectivity index (χ1n) is 5.97. The number of aryl methyl sites for hydroxylation is 1. The third-order valence-electron chi connectivity index (χ3n) is 2.96. The Balaban J connectivity index is 2.27. The van der Waals surface area contributed by atoms with E-state index < -0.39 is 17.4 Å². The van der Waals surface area contributed by atoms with Gasteiger partial charge in [-0.3, -0.25) is 9.59 Å². The van der Waals surface area contributed by atoms with Crippen molar-refractivity contribution in [3.05, 3.63) is 23.8 Å². The summed E-state index contributed by atoms with van der Waals surface area (Å²) in [5.74, 6) is -0.654. The highest BCUT2D eigenvalue weighted by Crippen LogP contribution is 2.34. The third kappa shape index (κ3) is 2.39. The molecule has 0 saturated carbocycles. The van der Waals surface area contributed by atoms with Crippen LogP contribution in [-0.2, 0) is 9.59 Å². The minimum Gasteiger partial charge on any atom is -0.466 e. The highest BCUT2D eigenvalue weighted by atomic mass is 16.5. The van der Waals surface area contributed by atoms with E-state index in [0.717, 1.165) is 5.56 Å². The van der Waals surface area contributed by atoms with Gasteiger partial charge in [0.2, 0.25) is 0 Å². The van der Waals surface area contributed by atoms with Crippen LogP contribution in [0.2, 0.25) is 0 Å². The number of hydrogen-bond acceptors (Lipinski definition) is 4. The lowest BCUT2D eigenvalue weighted by Gasteiger charge is -2.33. The fourth-order valence-electron chi connectivity index (χ4n) is 1.83. The second-order valence-electron chi connectivity index (χ2n) is 4.57. The summed E-state index contributed by atoms with van der Waals surface area (Å²) in [5, 5.41) is 13.8. The maximum absolute atomic E-state index is 12.0. The molecule has 0 bridgehead atoms. The van der Waals surface area contributed by atoms with Crippen molar-refractivity contribution in [2.75, 3.05) is 18.5 Å². The van der Waals surface area contributed by atoms with Gasteiger partial charge in [0.15, 0.2) is 0 Å². The normalized spacial score (nSPS) is 21.1. The number of amides is 2. The summed E-state index contributed by atoms with van der Waals surface area (Å²) in [5.41, 5.74) is -0.0920. The molecule has 0 aliphatic carbocycles. The van der Waals surface area contributed by atoms with Gasteiger partial charge in [0, 0.05) is 6.54 Å². The molecule has 2 rings (SSSR count). The Morgan fingerprint density at radius 1 is 1.53 bits per heavy atom. The predicted octanol–water partition coefficient (Wildman–Crippen LogP) is 0.193. The van der Waals surface area contributed by atoms with E-state index in [9.17, 15) is 9.59 Å². The summed E-state index contributed by atoms with van der Waals surface area (Å²) in [6, 6.07) is 5.32. The van der Waals surface area contributed by atoms with Crippen LogP contribution in [0, 0.1) is 6.92 Å². The maximum atomic E-state index is 12.0. The van der Waals surface area contributed by atoms with E-state index in [-0.39, 0.29) is 13.2 Å². The quantitative estimate of drug-likeness (QED) is 0.680. The molecule has 0 saturated heterocycles. The number of anilines is 1. The van der Waals surface area contributed by atoms with Crippen molar-refractivity contribution >= 4 is 17.5 Å². The third-order valence-corrected chi connectivity index (χ3v) is 2.96. The van der Waals surface area contributed by atoms with Crippen molar-refractivity contribution in [1.29, 1.82) is 0 Å². The van der Waals surface area contributed by atoms with Crippen LogP contribution >= 0.6 is 0 Å². The molecule has 0 fully saturated rings. The molecule has 6 heteroatoms. The Hall–Kier alpha value is -2.08. The number of hydrogen-bond donors (Lipinski definition) is 3. The Bertz CT molecular complexity index is 529. The Labute approximate surface area is 110 Å². The lowest BCUT2D eigenvalue weighted by Crippen LogP contribution is -2.59. The van der Waals surface area contributed by atoms with Crippen molar-refractivity contribution < 1.29 is 19.4 Å². The van der Waals surface area contributed by atoms with Crippen molar-refractivity contribution in [3.8, 4) is 5.75 Å². The van der Waals surface area contributed by atoms with Crippen molar-refractivity contribution in [2.24, 2.45) is 0 Å². The van der Waals surface area contributed by atoms with Crippen LogP contribution in [0.1, 0.15) is 12.5 Å². The van der Waals surface area contributed by atoms with Gasteiger partial charge in [0.1, 0.15) is 5.75 Å². The summed E-state index contributed by atoms with van der Waals surface area (Å²) in [6.07, 6.45) is 0. The number of benzene rings is 1. The number of carbonyl (C=O) groups is 2. The average Bonchev–Trinajstić information content (AvgIpc) is 2.37. The summed E-state index contributed by atoms with van der Waals surface area (Å²) in [7, 11) is 0. The first kappa shape index (κ1) is 13.4. The minimum atomic E-state index is -1.63. The first-order valence-corrected chi connectivity index (χ1v) is 5.97. The molecular weight excluding hydrogens is 248 g/mol. The van der Waals surface area contributed by atoms with E-state index >= 15 is 0 Å². The largest absolute Gasteiger partial charge is 0.466 e. The topological polar surface area (TPSA) is 87.7 Å². The van der Waals surface area contributed by atoms with Crippen molar-refractivity contribution in [1.82, 2.24) is 5.32 Å². The van der Waals surface area contributed by atoms with Crippen LogP contribution in [0.5, 0.6) is 5.75 Å². The number of aliphatic hydroxyl groups is 1. The highest BCUT2D eigenvalue weighted by Gasteiger charge is 2.47. The molecule has 1 aliphatic rings. The molecule has 1 heterocycles. The van der Waals surface area contributed by atoms with Crippen LogP contribution in [0.25, 0.3) is 0 Å². The molecular formula is C13H16N2O4. The van der Waals surface area contributed by atoms with Crippen LogP contribution in [0.15, 0.2) is 18.2 Å². The van der Waals surface area contributed by atoms with E-state index in [4.69, 9.17) is 9.84 Å². The van der Waals surface area contributed by atoms with Gasteiger partial charge in [-0.25, -0.2) is 0 Å². The van der Waals surface area contributed by atoms with E-state index in [2.05, 4.69) is 10.6 Å². The Kier molecular flexibility index (Phi) is 3.44. The Morgan fingerprint density at radius 3 is 2.95 bits per heavy atom. The van der Waals surface area contributed by atoms with Gasteiger partial charge >= 0.3 is 0 Å². The molecule has 1 aliphatic heterocycles. The van der Waals surface area contributed by atoms with E-state index in [0.29, 0.717) is 11.4 Å². The summed E-state index contributed by atoms with van der Waals surface area (Å²) >= 11 is 0. The zero-order valence-corrected chi connectivity index (χ0v) is 10.8. The van der Waals surface area contributed by atoms with Crippen LogP contribution in [-0.4, -0.2) is 35.7 Å². The monoisotopic (exact) mass is 264 g/mol. The zero-order valence-electron chi connectivity index (χ0n) is 10.8. The van der Waals surface area contributed by atoms with Crippen LogP contribution in [0.4, 0.5) is 5.69 Å². The number of fused-ring (bicyclic) bond motifs is 1. The average molecular weight is 264 g/mol. The summed E-state index contributed by atoms with van der Waals surface area (Å²) < 4.78 is 5.54.